The van der Waals surface area contributed by atoms with E-state index < -0.39 is 6.04 Å². The maximum absolute atomic E-state index is 12.1. The van der Waals surface area contributed by atoms with Crippen LogP contribution < -0.4 is 10.6 Å². The molecule has 0 bridgehead atoms. The zero-order chi connectivity index (χ0) is 17.1. The summed E-state index contributed by atoms with van der Waals surface area (Å²) in [5, 5.41) is 6.18. The summed E-state index contributed by atoms with van der Waals surface area (Å²) < 4.78 is 0. The van der Waals surface area contributed by atoms with Crippen LogP contribution in [0.2, 0.25) is 0 Å². The molecular weight excluding hydrogens is 324 g/mol. The third-order valence-corrected chi connectivity index (χ3v) is 4.48. The van der Waals surface area contributed by atoms with E-state index in [2.05, 4.69) is 20.6 Å². The van der Waals surface area contributed by atoms with E-state index in [0.29, 0.717) is 23.7 Å². The van der Waals surface area contributed by atoms with Crippen molar-refractivity contribution in [3.63, 3.8) is 0 Å². The molecule has 124 valence electrons. The van der Waals surface area contributed by atoms with Crippen molar-refractivity contribution >= 4 is 29.3 Å². The minimum Gasteiger partial charge on any atom is -0.344 e. The quantitative estimate of drug-likeness (QED) is 0.834. The van der Waals surface area contributed by atoms with Gasteiger partial charge in [0, 0.05) is 28.4 Å². The predicted octanol–water partition coefficient (Wildman–Crippen LogP) is 2.46. The van der Waals surface area contributed by atoms with E-state index in [9.17, 15) is 9.59 Å². The molecule has 1 unspecified atom stereocenters. The molecule has 1 atom stereocenters. The first-order valence-electron chi connectivity index (χ1n) is 7.70. The van der Waals surface area contributed by atoms with Gasteiger partial charge in [0.15, 0.2) is 5.16 Å². The summed E-state index contributed by atoms with van der Waals surface area (Å²) in [6.45, 7) is 3.89. The van der Waals surface area contributed by atoms with Crippen molar-refractivity contribution < 1.29 is 9.59 Å². The summed E-state index contributed by atoms with van der Waals surface area (Å²) in [4.78, 5) is 33.0. The Bertz CT molecular complexity index is 756. The lowest BCUT2D eigenvalue weighted by Crippen LogP contribution is -2.37. The maximum atomic E-state index is 12.1. The van der Waals surface area contributed by atoms with Gasteiger partial charge in [-0.1, -0.05) is 0 Å². The van der Waals surface area contributed by atoms with Crippen LogP contribution in [0.3, 0.4) is 0 Å². The fraction of sp³-hybridized carbons (Fsp3) is 0.294. The molecular formula is C17H18N4O2S. The monoisotopic (exact) mass is 342 g/mol. The summed E-state index contributed by atoms with van der Waals surface area (Å²) in [5.41, 5.74) is 2.58. The number of anilines is 1. The number of amides is 2. The normalized spacial score (nSPS) is 16.8. The van der Waals surface area contributed by atoms with E-state index in [1.807, 2.05) is 44.2 Å². The Morgan fingerprint density at radius 2 is 1.88 bits per heavy atom. The van der Waals surface area contributed by atoms with Gasteiger partial charge in [-0.25, -0.2) is 9.97 Å². The Kier molecular flexibility index (Phi) is 4.80. The van der Waals surface area contributed by atoms with Crippen molar-refractivity contribution in [2.24, 2.45) is 0 Å². The summed E-state index contributed by atoms with van der Waals surface area (Å²) >= 11 is 1.48. The van der Waals surface area contributed by atoms with Gasteiger partial charge in [-0.05, 0) is 62.4 Å². The van der Waals surface area contributed by atoms with Crippen molar-refractivity contribution in [2.75, 3.05) is 5.32 Å². The van der Waals surface area contributed by atoms with Crippen LogP contribution in [-0.2, 0) is 9.59 Å². The molecule has 0 aliphatic carbocycles. The van der Waals surface area contributed by atoms with Gasteiger partial charge in [-0.15, -0.1) is 0 Å². The second kappa shape index (κ2) is 7.00. The first-order chi connectivity index (χ1) is 11.5. The number of carbonyl (C=O) groups excluding carboxylic acids is 2. The molecule has 6 nitrogen and oxygen atoms in total. The van der Waals surface area contributed by atoms with Crippen molar-refractivity contribution in [3.05, 3.63) is 41.7 Å². The van der Waals surface area contributed by atoms with Crippen LogP contribution in [-0.4, -0.2) is 27.8 Å². The zero-order valence-electron chi connectivity index (χ0n) is 13.5. The molecule has 2 amide bonds. The van der Waals surface area contributed by atoms with Crippen molar-refractivity contribution in [2.45, 2.75) is 42.8 Å². The highest BCUT2D eigenvalue weighted by Crippen LogP contribution is 2.26. The fourth-order valence-electron chi connectivity index (χ4n) is 2.49. The molecule has 24 heavy (non-hydrogen) atoms. The molecule has 1 aromatic heterocycles. The van der Waals surface area contributed by atoms with Crippen molar-refractivity contribution in [1.82, 2.24) is 15.3 Å². The van der Waals surface area contributed by atoms with Gasteiger partial charge < -0.3 is 10.6 Å². The molecule has 0 spiro atoms. The number of rotatable bonds is 4. The summed E-state index contributed by atoms with van der Waals surface area (Å²) in [6.07, 6.45) is 0.951. The largest absolute Gasteiger partial charge is 0.344 e. The van der Waals surface area contributed by atoms with Crippen LogP contribution in [0.4, 0.5) is 5.69 Å². The first kappa shape index (κ1) is 16.4. The third kappa shape index (κ3) is 4.11. The van der Waals surface area contributed by atoms with E-state index in [1.165, 1.54) is 11.8 Å². The molecule has 2 N–H and O–H groups in total. The second-order valence-corrected chi connectivity index (χ2v) is 6.75. The van der Waals surface area contributed by atoms with Crippen molar-refractivity contribution in [1.29, 1.82) is 0 Å². The van der Waals surface area contributed by atoms with Gasteiger partial charge in [0.2, 0.25) is 11.8 Å². The number of aromatic nitrogens is 2. The number of nitrogens with zero attached hydrogens (tertiary/aromatic N) is 2. The highest BCUT2D eigenvalue weighted by Gasteiger charge is 2.27. The van der Waals surface area contributed by atoms with E-state index >= 15 is 0 Å². The van der Waals surface area contributed by atoms with Gasteiger partial charge in [-0.2, -0.15) is 0 Å². The first-order valence-corrected chi connectivity index (χ1v) is 8.52. The number of nitrogens with one attached hydrogen (secondary N) is 2. The van der Waals surface area contributed by atoms with Gasteiger partial charge in [0.05, 0.1) is 0 Å². The molecule has 1 aliphatic rings. The van der Waals surface area contributed by atoms with Crippen LogP contribution >= 0.6 is 11.8 Å². The lowest BCUT2D eigenvalue weighted by Gasteiger charge is -2.11. The standard InChI is InChI=1S/C17H18N4O2S/c1-10-9-11(2)19-17(18-10)24-13-5-3-12(4-6-13)20-16(23)14-7-8-15(22)21-14/h3-6,9,14H,7-8H2,1-2H3,(H,20,23)(H,21,22). The second-order valence-electron chi connectivity index (χ2n) is 5.71. The van der Waals surface area contributed by atoms with E-state index in [-0.39, 0.29) is 11.8 Å². The summed E-state index contributed by atoms with van der Waals surface area (Å²) in [7, 11) is 0. The van der Waals surface area contributed by atoms with Gasteiger partial charge in [0.25, 0.3) is 0 Å². The van der Waals surface area contributed by atoms with Gasteiger partial charge in [-0.3, -0.25) is 9.59 Å². The number of aryl methyl sites for hydroxylation is 2. The maximum Gasteiger partial charge on any atom is 0.246 e. The zero-order valence-corrected chi connectivity index (χ0v) is 14.3. The van der Waals surface area contributed by atoms with Crippen LogP contribution in [0, 0.1) is 13.8 Å². The van der Waals surface area contributed by atoms with Gasteiger partial charge in [0.1, 0.15) is 6.04 Å². The van der Waals surface area contributed by atoms with Crippen LogP contribution in [0.1, 0.15) is 24.2 Å². The molecule has 2 aromatic rings. The van der Waals surface area contributed by atoms with Gasteiger partial charge >= 0.3 is 0 Å². The molecule has 0 radical (unpaired) electrons. The third-order valence-electron chi connectivity index (χ3n) is 3.60. The lowest BCUT2D eigenvalue weighted by atomic mass is 10.2. The topological polar surface area (TPSA) is 84.0 Å². The predicted molar refractivity (Wildman–Crippen MR) is 91.9 cm³/mol. The molecule has 2 heterocycles. The molecule has 1 fully saturated rings. The summed E-state index contributed by atoms with van der Waals surface area (Å²) in [5.74, 6) is -0.255. The van der Waals surface area contributed by atoms with E-state index in [0.717, 1.165) is 16.3 Å². The molecule has 1 saturated heterocycles. The molecule has 0 saturated carbocycles. The average molecular weight is 342 g/mol. The van der Waals surface area contributed by atoms with Crippen LogP contribution in [0.15, 0.2) is 40.4 Å². The Morgan fingerprint density at radius 1 is 1.21 bits per heavy atom. The average Bonchev–Trinajstić information content (AvgIpc) is 2.95. The highest BCUT2D eigenvalue weighted by atomic mass is 32.2. The minimum absolute atomic E-state index is 0.0738. The summed E-state index contributed by atoms with van der Waals surface area (Å²) in [6, 6.07) is 8.99. The smallest absolute Gasteiger partial charge is 0.246 e. The molecule has 7 heteroatoms. The Hall–Kier alpha value is -2.41. The van der Waals surface area contributed by atoms with E-state index in [1.54, 1.807) is 0 Å². The molecule has 3 rings (SSSR count). The molecule has 1 aliphatic heterocycles. The molecule has 1 aromatic carbocycles. The van der Waals surface area contributed by atoms with Crippen molar-refractivity contribution in [3.8, 4) is 0 Å². The Balaban J connectivity index is 1.62. The Labute approximate surface area is 144 Å². The van der Waals surface area contributed by atoms with Crippen LogP contribution in [0.25, 0.3) is 0 Å². The SMILES string of the molecule is Cc1cc(C)nc(Sc2ccc(NC(=O)C3CCC(=O)N3)cc2)n1. The number of hydrogen-bond donors (Lipinski definition) is 2. The highest BCUT2D eigenvalue weighted by molar-refractivity contribution is 7.99. The number of hydrogen-bond acceptors (Lipinski definition) is 5. The lowest BCUT2D eigenvalue weighted by molar-refractivity contribution is -0.122. The minimum atomic E-state index is -0.435. The van der Waals surface area contributed by atoms with Crippen LogP contribution in [0.5, 0.6) is 0 Å². The number of carbonyl (C=O) groups is 2. The number of benzene rings is 1. The van der Waals surface area contributed by atoms with E-state index in [4.69, 9.17) is 0 Å². The fourth-order valence-corrected chi connectivity index (χ4v) is 3.35. The Morgan fingerprint density at radius 3 is 2.46 bits per heavy atom.